The van der Waals surface area contributed by atoms with Gasteiger partial charge in [-0.05, 0) is 70.7 Å². The van der Waals surface area contributed by atoms with Crippen LogP contribution in [0.4, 0.5) is 5.69 Å². The molecule has 1 aliphatic heterocycles. The van der Waals surface area contributed by atoms with Gasteiger partial charge in [-0.25, -0.2) is 0 Å². The monoisotopic (exact) mass is 398 g/mol. The molecule has 1 aliphatic rings. The minimum Gasteiger partial charge on any atom is -0.377 e. The number of nitrogens with zero attached hydrogens (tertiary/aromatic N) is 3. The Morgan fingerprint density at radius 2 is 2.07 bits per heavy atom. The Morgan fingerprint density at radius 3 is 2.69 bits per heavy atom. The quantitative estimate of drug-likeness (QED) is 0.722. The highest BCUT2D eigenvalue weighted by molar-refractivity contribution is 6.03. The van der Waals surface area contributed by atoms with Crippen molar-refractivity contribution in [3.63, 3.8) is 0 Å². The molecule has 158 valence electrons. The molecule has 0 unspecified atom stereocenters. The molecular weight excluding hydrogens is 364 g/mol. The number of hydrogen-bond acceptors (Lipinski definition) is 4. The third kappa shape index (κ3) is 5.90. The van der Waals surface area contributed by atoms with Gasteiger partial charge in [0.2, 0.25) is 0 Å². The Balaban J connectivity index is 1.60. The smallest absolute Gasteiger partial charge is 0.273 e. The van der Waals surface area contributed by atoms with Crippen LogP contribution in [0.15, 0.2) is 30.3 Å². The predicted molar refractivity (Wildman–Crippen MR) is 116 cm³/mol. The number of carbonyl (C=O) groups excluding carboxylic acids is 1. The van der Waals surface area contributed by atoms with Gasteiger partial charge in [-0.1, -0.05) is 12.1 Å². The van der Waals surface area contributed by atoms with Gasteiger partial charge in [-0.3, -0.25) is 14.4 Å². The third-order valence-electron chi connectivity index (χ3n) is 5.47. The molecule has 1 atom stereocenters. The molecule has 0 saturated carbocycles. The molecule has 0 radical (unpaired) electrons. The molecule has 1 aromatic heterocycles. The molecule has 3 rings (SSSR count). The van der Waals surface area contributed by atoms with Crippen LogP contribution in [-0.2, 0) is 17.8 Å². The van der Waals surface area contributed by atoms with Crippen molar-refractivity contribution < 1.29 is 9.53 Å². The number of aryl methyl sites for hydroxylation is 2. The zero-order valence-electron chi connectivity index (χ0n) is 18.1. The summed E-state index contributed by atoms with van der Waals surface area (Å²) in [6.45, 7) is 11.8. The zero-order chi connectivity index (χ0) is 20.8. The van der Waals surface area contributed by atoms with E-state index in [-0.39, 0.29) is 5.91 Å². The van der Waals surface area contributed by atoms with Gasteiger partial charge in [-0.2, -0.15) is 5.10 Å². The SMILES string of the molecule is CCn1nc(C)cc1C(=O)Nc1ccc(CN(C[C@H]2CCCCO2)C(C)C)cc1. The van der Waals surface area contributed by atoms with E-state index < -0.39 is 0 Å². The minimum absolute atomic E-state index is 0.126. The first-order valence-corrected chi connectivity index (χ1v) is 10.8. The molecule has 29 heavy (non-hydrogen) atoms. The fraction of sp³-hybridized carbons (Fsp3) is 0.565. The topological polar surface area (TPSA) is 59.4 Å². The number of aromatic nitrogens is 2. The van der Waals surface area contributed by atoms with E-state index in [2.05, 4.69) is 41.3 Å². The lowest BCUT2D eigenvalue weighted by Gasteiger charge is -2.32. The largest absolute Gasteiger partial charge is 0.377 e. The molecule has 1 aromatic carbocycles. The second kappa shape index (κ2) is 10.0. The van der Waals surface area contributed by atoms with Crippen LogP contribution in [0.5, 0.6) is 0 Å². The predicted octanol–water partition coefficient (Wildman–Crippen LogP) is 4.24. The fourth-order valence-electron chi connectivity index (χ4n) is 3.76. The highest BCUT2D eigenvalue weighted by Crippen LogP contribution is 2.18. The summed E-state index contributed by atoms with van der Waals surface area (Å²) in [4.78, 5) is 15.1. The van der Waals surface area contributed by atoms with Crippen molar-refractivity contribution in [1.29, 1.82) is 0 Å². The maximum absolute atomic E-state index is 12.6. The minimum atomic E-state index is -0.126. The summed E-state index contributed by atoms with van der Waals surface area (Å²) in [5, 5.41) is 7.32. The van der Waals surface area contributed by atoms with Gasteiger partial charge in [-0.15, -0.1) is 0 Å². The fourth-order valence-corrected chi connectivity index (χ4v) is 3.76. The number of ether oxygens (including phenoxy) is 1. The van der Waals surface area contributed by atoms with Crippen molar-refractivity contribution in [2.24, 2.45) is 0 Å². The van der Waals surface area contributed by atoms with Gasteiger partial charge in [0.25, 0.3) is 5.91 Å². The van der Waals surface area contributed by atoms with E-state index in [1.165, 1.54) is 18.4 Å². The first-order chi connectivity index (χ1) is 14.0. The second-order valence-corrected chi connectivity index (χ2v) is 8.15. The van der Waals surface area contributed by atoms with Gasteiger partial charge in [0, 0.05) is 38.0 Å². The van der Waals surface area contributed by atoms with Crippen LogP contribution < -0.4 is 5.32 Å². The first-order valence-electron chi connectivity index (χ1n) is 10.8. The Kier molecular flexibility index (Phi) is 7.45. The summed E-state index contributed by atoms with van der Waals surface area (Å²) in [7, 11) is 0. The first kappa shape index (κ1) is 21.5. The maximum Gasteiger partial charge on any atom is 0.273 e. The van der Waals surface area contributed by atoms with E-state index >= 15 is 0 Å². The molecular formula is C23H34N4O2. The van der Waals surface area contributed by atoms with Crippen LogP contribution in [0.2, 0.25) is 0 Å². The standard InChI is InChI=1S/C23H34N4O2/c1-5-27-22(14-18(4)25-27)23(28)24-20-11-9-19(10-12-20)15-26(17(2)3)16-21-8-6-7-13-29-21/h9-12,14,17,21H,5-8,13,15-16H2,1-4H3,(H,24,28)/t21-/m1/s1. The number of benzene rings is 1. The molecule has 0 bridgehead atoms. The third-order valence-corrected chi connectivity index (χ3v) is 5.47. The normalized spacial score (nSPS) is 17.1. The lowest BCUT2D eigenvalue weighted by atomic mass is 10.1. The van der Waals surface area contributed by atoms with Crippen molar-refractivity contribution in [1.82, 2.24) is 14.7 Å². The molecule has 2 aromatic rings. The van der Waals surface area contributed by atoms with E-state index in [1.807, 2.05) is 32.0 Å². The summed E-state index contributed by atoms with van der Waals surface area (Å²) in [5.74, 6) is -0.126. The molecule has 0 spiro atoms. The lowest BCUT2D eigenvalue weighted by molar-refractivity contribution is -0.0129. The van der Waals surface area contributed by atoms with Crippen molar-refractivity contribution in [2.45, 2.75) is 72.2 Å². The molecule has 6 nitrogen and oxygen atoms in total. The number of nitrogens with one attached hydrogen (secondary N) is 1. The molecule has 1 N–H and O–H groups in total. The number of hydrogen-bond donors (Lipinski definition) is 1. The number of anilines is 1. The summed E-state index contributed by atoms with van der Waals surface area (Å²) in [6, 6.07) is 10.4. The van der Waals surface area contributed by atoms with Gasteiger partial charge in [0.15, 0.2) is 0 Å². The average molecular weight is 399 g/mol. The highest BCUT2D eigenvalue weighted by Gasteiger charge is 2.20. The Bertz CT molecular complexity index is 792. The van der Waals surface area contributed by atoms with Crippen LogP contribution in [0.3, 0.4) is 0 Å². The molecule has 1 fully saturated rings. The van der Waals surface area contributed by atoms with Gasteiger partial charge < -0.3 is 10.1 Å². The molecule has 1 saturated heterocycles. The summed E-state index contributed by atoms with van der Waals surface area (Å²) in [5.41, 5.74) is 3.48. The van der Waals surface area contributed by atoms with Gasteiger partial charge in [0.05, 0.1) is 11.8 Å². The zero-order valence-corrected chi connectivity index (χ0v) is 18.1. The summed E-state index contributed by atoms with van der Waals surface area (Å²) < 4.78 is 7.65. The number of rotatable bonds is 8. The van der Waals surface area contributed by atoms with Crippen molar-refractivity contribution in [2.75, 3.05) is 18.5 Å². The Labute approximate surface area is 174 Å². The maximum atomic E-state index is 12.6. The van der Waals surface area contributed by atoms with Crippen molar-refractivity contribution >= 4 is 11.6 Å². The van der Waals surface area contributed by atoms with E-state index in [9.17, 15) is 4.79 Å². The lowest BCUT2D eigenvalue weighted by Crippen LogP contribution is -2.39. The highest BCUT2D eigenvalue weighted by atomic mass is 16.5. The van der Waals surface area contributed by atoms with E-state index in [1.54, 1.807) is 4.68 Å². The van der Waals surface area contributed by atoms with Crippen LogP contribution >= 0.6 is 0 Å². The van der Waals surface area contributed by atoms with Crippen molar-refractivity contribution in [3.8, 4) is 0 Å². The van der Waals surface area contributed by atoms with Crippen LogP contribution in [-0.4, -0.2) is 45.9 Å². The number of amides is 1. The Hall–Kier alpha value is -2.18. The molecule has 1 amide bonds. The van der Waals surface area contributed by atoms with Gasteiger partial charge in [0.1, 0.15) is 5.69 Å². The van der Waals surface area contributed by atoms with E-state index in [4.69, 9.17) is 4.74 Å². The van der Waals surface area contributed by atoms with E-state index in [0.717, 1.165) is 37.5 Å². The average Bonchev–Trinajstić information content (AvgIpc) is 3.10. The van der Waals surface area contributed by atoms with E-state index in [0.29, 0.717) is 24.4 Å². The Morgan fingerprint density at radius 1 is 1.31 bits per heavy atom. The van der Waals surface area contributed by atoms with Crippen LogP contribution in [0.1, 0.15) is 61.8 Å². The summed E-state index contributed by atoms with van der Waals surface area (Å²) >= 11 is 0. The van der Waals surface area contributed by atoms with Crippen LogP contribution in [0, 0.1) is 6.92 Å². The second-order valence-electron chi connectivity index (χ2n) is 8.15. The van der Waals surface area contributed by atoms with Gasteiger partial charge >= 0.3 is 0 Å². The molecule has 0 aliphatic carbocycles. The number of carbonyl (C=O) groups is 1. The molecule has 2 heterocycles. The summed E-state index contributed by atoms with van der Waals surface area (Å²) in [6.07, 6.45) is 3.95. The van der Waals surface area contributed by atoms with Crippen molar-refractivity contribution in [3.05, 3.63) is 47.3 Å². The van der Waals surface area contributed by atoms with Crippen LogP contribution in [0.25, 0.3) is 0 Å². The molecule has 6 heteroatoms.